The van der Waals surface area contributed by atoms with Gasteiger partial charge in [0.2, 0.25) is 0 Å². The number of benzene rings is 4. The summed E-state index contributed by atoms with van der Waals surface area (Å²) in [7, 11) is 0. The summed E-state index contributed by atoms with van der Waals surface area (Å²) in [5, 5.41) is 6.18. The van der Waals surface area contributed by atoms with Gasteiger partial charge < -0.3 is 5.32 Å². The number of rotatable bonds is 2. The molecule has 0 saturated heterocycles. The van der Waals surface area contributed by atoms with Gasteiger partial charge in [-0.1, -0.05) is 60.3 Å². The number of para-hydroxylation sites is 1. The summed E-state index contributed by atoms with van der Waals surface area (Å²) in [5.74, 6) is 0. The average molecular weight is 325 g/mol. The van der Waals surface area contributed by atoms with Gasteiger partial charge in [-0.15, -0.1) is 0 Å². The first-order valence-corrected chi connectivity index (χ1v) is 8.86. The molecule has 0 fully saturated rings. The van der Waals surface area contributed by atoms with E-state index in [0.717, 1.165) is 11.4 Å². The molecule has 0 radical (unpaired) electrons. The van der Waals surface area contributed by atoms with Crippen molar-refractivity contribution in [1.29, 1.82) is 0 Å². The Bertz CT molecular complexity index is 1050. The topological polar surface area (TPSA) is 12.0 Å². The third kappa shape index (κ3) is 2.19. The van der Waals surface area contributed by atoms with Crippen molar-refractivity contribution in [2.45, 2.75) is 9.79 Å². The third-order valence-corrected chi connectivity index (χ3v) is 5.55. The Kier molecular flexibility index (Phi) is 3.10. The smallest absolute Gasteiger partial charge is 0.0391 e. The minimum absolute atomic E-state index is 1.11. The van der Waals surface area contributed by atoms with Gasteiger partial charge in [-0.05, 0) is 52.9 Å². The summed E-state index contributed by atoms with van der Waals surface area (Å²) in [6.45, 7) is 0. The van der Waals surface area contributed by atoms with E-state index in [-0.39, 0.29) is 0 Å². The molecule has 0 atom stereocenters. The summed E-state index contributed by atoms with van der Waals surface area (Å²) >= 11 is 1.86. The van der Waals surface area contributed by atoms with E-state index in [2.05, 4.69) is 72.0 Å². The molecular formula is C22H15NS. The fraction of sp³-hybridized carbons (Fsp3) is 0. The van der Waals surface area contributed by atoms with Crippen LogP contribution in [0.1, 0.15) is 0 Å². The van der Waals surface area contributed by atoms with E-state index >= 15 is 0 Å². The highest BCUT2D eigenvalue weighted by atomic mass is 32.2. The van der Waals surface area contributed by atoms with Crippen LogP contribution < -0.4 is 5.32 Å². The Morgan fingerprint density at radius 2 is 1.42 bits per heavy atom. The lowest BCUT2D eigenvalue weighted by Crippen LogP contribution is -1.95. The van der Waals surface area contributed by atoms with Gasteiger partial charge in [0, 0.05) is 26.6 Å². The first kappa shape index (κ1) is 13.7. The molecule has 0 saturated carbocycles. The maximum atomic E-state index is 3.50. The Morgan fingerprint density at radius 1 is 0.583 bits per heavy atom. The maximum Gasteiger partial charge on any atom is 0.0391 e. The summed E-state index contributed by atoms with van der Waals surface area (Å²) in [5.41, 5.74) is 4.87. The summed E-state index contributed by atoms with van der Waals surface area (Å²) < 4.78 is 0. The van der Waals surface area contributed by atoms with E-state index in [1.54, 1.807) is 0 Å². The SMILES string of the molecule is c1ccc(Nc2ccc3c(c2)-c2cccc4cccc(c24)S3)cc1. The predicted octanol–water partition coefficient (Wildman–Crippen LogP) is 6.72. The lowest BCUT2D eigenvalue weighted by atomic mass is 9.97. The van der Waals surface area contributed by atoms with Crippen LogP contribution in [0.4, 0.5) is 11.4 Å². The molecule has 0 bridgehead atoms. The molecule has 0 aliphatic carbocycles. The minimum atomic E-state index is 1.11. The van der Waals surface area contributed by atoms with Crippen LogP contribution in [0.3, 0.4) is 0 Å². The molecule has 0 aromatic heterocycles. The van der Waals surface area contributed by atoms with Gasteiger partial charge in [0.1, 0.15) is 0 Å². The van der Waals surface area contributed by atoms with E-state index in [9.17, 15) is 0 Å². The van der Waals surface area contributed by atoms with Crippen molar-refractivity contribution in [2.24, 2.45) is 0 Å². The monoisotopic (exact) mass is 325 g/mol. The van der Waals surface area contributed by atoms with Crippen LogP contribution in [0, 0.1) is 0 Å². The van der Waals surface area contributed by atoms with Crippen LogP contribution in [0.25, 0.3) is 21.9 Å². The van der Waals surface area contributed by atoms with Crippen molar-refractivity contribution >= 4 is 33.9 Å². The third-order valence-electron chi connectivity index (χ3n) is 4.42. The van der Waals surface area contributed by atoms with Crippen molar-refractivity contribution in [1.82, 2.24) is 0 Å². The molecule has 1 aliphatic rings. The van der Waals surface area contributed by atoms with E-state index in [1.165, 1.54) is 31.7 Å². The molecule has 4 aromatic carbocycles. The Morgan fingerprint density at radius 3 is 2.29 bits per heavy atom. The lowest BCUT2D eigenvalue weighted by Gasteiger charge is -2.21. The van der Waals surface area contributed by atoms with Gasteiger partial charge in [-0.2, -0.15) is 0 Å². The van der Waals surface area contributed by atoms with Crippen LogP contribution in [0.2, 0.25) is 0 Å². The first-order valence-electron chi connectivity index (χ1n) is 8.04. The number of fused-ring (bicyclic) bond motifs is 2. The van der Waals surface area contributed by atoms with Crippen molar-refractivity contribution < 1.29 is 0 Å². The highest BCUT2D eigenvalue weighted by Gasteiger charge is 2.18. The first-order chi connectivity index (χ1) is 11.9. The van der Waals surface area contributed by atoms with Gasteiger partial charge in [0.25, 0.3) is 0 Å². The van der Waals surface area contributed by atoms with Gasteiger partial charge in [-0.3, -0.25) is 0 Å². The zero-order valence-corrected chi connectivity index (χ0v) is 13.8. The van der Waals surface area contributed by atoms with Crippen LogP contribution in [0.15, 0.2) is 94.7 Å². The zero-order chi connectivity index (χ0) is 15.9. The van der Waals surface area contributed by atoms with Gasteiger partial charge in [-0.25, -0.2) is 0 Å². The molecule has 1 aliphatic heterocycles. The fourth-order valence-corrected chi connectivity index (χ4v) is 4.46. The second-order valence-corrected chi connectivity index (χ2v) is 7.05. The number of hydrogen-bond donors (Lipinski definition) is 1. The summed E-state index contributed by atoms with van der Waals surface area (Å²) in [4.78, 5) is 2.67. The summed E-state index contributed by atoms with van der Waals surface area (Å²) in [6, 6.07) is 30.1. The molecule has 2 heteroatoms. The summed E-state index contributed by atoms with van der Waals surface area (Å²) in [6.07, 6.45) is 0. The fourth-order valence-electron chi connectivity index (χ4n) is 3.33. The normalized spacial score (nSPS) is 12.0. The molecule has 0 unspecified atom stereocenters. The highest BCUT2D eigenvalue weighted by Crippen LogP contribution is 2.48. The molecule has 1 heterocycles. The van der Waals surface area contributed by atoms with Crippen LogP contribution in [-0.2, 0) is 0 Å². The Hall–Kier alpha value is -2.71. The van der Waals surface area contributed by atoms with Gasteiger partial charge in [0.05, 0.1) is 0 Å². The molecular weight excluding hydrogens is 310 g/mol. The number of anilines is 2. The molecule has 114 valence electrons. The largest absolute Gasteiger partial charge is 0.356 e. The van der Waals surface area contributed by atoms with Crippen molar-refractivity contribution in [3.63, 3.8) is 0 Å². The molecule has 5 rings (SSSR count). The minimum Gasteiger partial charge on any atom is -0.356 e. The van der Waals surface area contributed by atoms with E-state index in [0.29, 0.717) is 0 Å². The lowest BCUT2D eigenvalue weighted by molar-refractivity contribution is 1.39. The van der Waals surface area contributed by atoms with Crippen LogP contribution >= 0.6 is 11.8 Å². The quantitative estimate of drug-likeness (QED) is 0.387. The van der Waals surface area contributed by atoms with E-state index < -0.39 is 0 Å². The molecule has 1 N–H and O–H groups in total. The second kappa shape index (κ2) is 5.43. The highest BCUT2D eigenvalue weighted by molar-refractivity contribution is 7.99. The average Bonchev–Trinajstić information content (AvgIpc) is 2.64. The van der Waals surface area contributed by atoms with E-state index in [4.69, 9.17) is 0 Å². The van der Waals surface area contributed by atoms with Crippen molar-refractivity contribution in [3.05, 3.63) is 84.9 Å². The standard InChI is InChI=1S/C22H15NS/c1-2-8-16(9-3-1)23-17-12-13-20-19(14-17)18-10-4-6-15-7-5-11-21(24-20)22(15)18/h1-14,23H. The van der Waals surface area contributed by atoms with E-state index in [1.807, 2.05) is 30.0 Å². The van der Waals surface area contributed by atoms with Crippen LogP contribution in [0.5, 0.6) is 0 Å². The Labute approximate surface area is 145 Å². The van der Waals surface area contributed by atoms with Crippen molar-refractivity contribution in [2.75, 3.05) is 5.32 Å². The number of hydrogen-bond acceptors (Lipinski definition) is 2. The maximum absolute atomic E-state index is 3.50. The Balaban J connectivity index is 1.66. The molecule has 24 heavy (non-hydrogen) atoms. The van der Waals surface area contributed by atoms with Gasteiger partial charge in [0.15, 0.2) is 0 Å². The number of nitrogens with one attached hydrogen (secondary N) is 1. The molecule has 0 amide bonds. The van der Waals surface area contributed by atoms with Gasteiger partial charge >= 0.3 is 0 Å². The zero-order valence-electron chi connectivity index (χ0n) is 13.0. The second-order valence-electron chi connectivity index (χ2n) is 5.96. The van der Waals surface area contributed by atoms with Crippen molar-refractivity contribution in [3.8, 4) is 11.1 Å². The predicted molar refractivity (Wildman–Crippen MR) is 103 cm³/mol. The molecule has 4 aromatic rings. The molecule has 0 spiro atoms. The molecule has 1 nitrogen and oxygen atoms in total. The van der Waals surface area contributed by atoms with Crippen LogP contribution in [-0.4, -0.2) is 0 Å².